The number of benzene rings is 1. The molecule has 1 aromatic rings. The lowest BCUT2D eigenvalue weighted by molar-refractivity contribution is -0.139. The van der Waals surface area contributed by atoms with Gasteiger partial charge in [0.05, 0.1) is 12.8 Å². The highest BCUT2D eigenvalue weighted by Crippen LogP contribution is 2.22. The van der Waals surface area contributed by atoms with Gasteiger partial charge in [-0.05, 0) is 38.1 Å². The number of hydrogen-bond donors (Lipinski definition) is 1. The van der Waals surface area contributed by atoms with Gasteiger partial charge in [-0.3, -0.25) is 9.10 Å². The third-order valence-corrected chi connectivity index (χ3v) is 4.92. The molecule has 1 aromatic carbocycles. The zero-order valence-corrected chi connectivity index (χ0v) is 12.0. The average Bonchev–Trinajstić information content (AvgIpc) is 2.39. The van der Waals surface area contributed by atoms with Gasteiger partial charge in [0.2, 0.25) is 10.0 Å². The van der Waals surface area contributed by atoms with E-state index in [1.807, 2.05) is 0 Å². The minimum absolute atomic E-state index is 0.216. The molecule has 1 unspecified atom stereocenters. The van der Waals surface area contributed by atoms with E-state index in [4.69, 9.17) is 5.73 Å². The Morgan fingerprint density at radius 3 is 2.32 bits per heavy atom. The monoisotopic (exact) mass is 286 g/mol. The number of rotatable bonds is 5. The lowest BCUT2D eigenvalue weighted by atomic mass is 10.3. The zero-order valence-electron chi connectivity index (χ0n) is 11.2. The number of carbonyl (C=O) groups excluding carboxylic acids is 1. The molecule has 0 aliphatic rings. The number of nitrogens with zero attached hydrogens (tertiary/aromatic N) is 1. The van der Waals surface area contributed by atoms with E-state index in [0.29, 0.717) is 11.4 Å². The van der Waals surface area contributed by atoms with E-state index in [1.165, 1.54) is 6.92 Å². The number of anilines is 2. The summed E-state index contributed by atoms with van der Waals surface area (Å²) >= 11 is 0. The summed E-state index contributed by atoms with van der Waals surface area (Å²) in [4.78, 5) is 11.4. The van der Waals surface area contributed by atoms with Gasteiger partial charge in [0, 0.05) is 12.2 Å². The average molecular weight is 286 g/mol. The standard InChI is InChI=1S/C12H18N2O4S/c1-4-14(11-7-5-10(13)6-8-11)19(16,17)9(2)12(15)18-3/h5-9H,4,13H2,1-3H3. The number of sulfonamides is 1. The number of nitrogens with two attached hydrogens (primary N) is 1. The summed E-state index contributed by atoms with van der Waals surface area (Å²) < 4.78 is 30.3. The minimum Gasteiger partial charge on any atom is -0.468 e. The first-order valence-corrected chi connectivity index (χ1v) is 7.29. The minimum atomic E-state index is -3.81. The van der Waals surface area contributed by atoms with Gasteiger partial charge >= 0.3 is 5.97 Å². The van der Waals surface area contributed by atoms with Crippen molar-refractivity contribution in [1.82, 2.24) is 0 Å². The number of hydrogen-bond acceptors (Lipinski definition) is 5. The molecule has 19 heavy (non-hydrogen) atoms. The fourth-order valence-electron chi connectivity index (χ4n) is 1.63. The maximum Gasteiger partial charge on any atom is 0.325 e. The van der Waals surface area contributed by atoms with Crippen LogP contribution in [0.4, 0.5) is 11.4 Å². The molecule has 0 aliphatic heterocycles. The second kappa shape index (κ2) is 5.92. The number of ether oxygens (including phenoxy) is 1. The van der Waals surface area contributed by atoms with E-state index in [2.05, 4.69) is 4.74 Å². The quantitative estimate of drug-likeness (QED) is 0.644. The van der Waals surface area contributed by atoms with Gasteiger partial charge in [0.15, 0.2) is 5.25 Å². The van der Waals surface area contributed by atoms with E-state index in [1.54, 1.807) is 31.2 Å². The number of carbonyl (C=O) groups is 1. The van der Waals surface area contributed by atoms with Gasteiger partial charge in [0.25, 0.3) is 0 Å². The normalized spacial score (nSPS) is 12.8. The first kappa shape index (κ1) is 15.3. The molecule has 0 spiro atoms. The predicted octanol–water partition coefficient (Wildman–Crippen LogP) is 0.986. The fourth-order valence-corrected chi connectivity index (χ4v) is 3.13. The molecule has 7 heteroatoms. The number of nitrogen functional groups attached to an aromatic ring is 1. The van der Waals surface area contributed by atoms with Crippen LogP contribution in [-0.2, 0) is 19.6 Å². The molecule has 0 saturated heterocycles. The highest BCUT2D eigenvalue weighted by atomic mass is 32.2. The molecule has 6 nitrogen and oxygen atoms in total. The summed E-state index contributed by atoms with van der Waals surface area (Å²) in [5.74, 6) is -0.783. The van der Waals surface area contributed by atoms with Crippen molar-refractivity contribution in [3.05, 3.63) is 24.3 Å². The zero-order chi connectivity index (χ0) is 14.6. The first-order chi connectivity index (χ1) is 8.84. The topological polar surface area (TPSA) is 89.7 Å². The summed E-state index contributed by atoms with van der Waals surface area (Å²) in [5.41, 5.74) is 6.57. The lowest BCUT2D eigenvalue weighted by Crippen LogP contribution is -2.41. The van der Waals surface area contributed by atoms with Crippen molar-refractivity contribution in [2.24, 2.45) is 0 Å². The molecule has 0 fully saturated rings. The van der Waals surface area contributed by atoms with Crippen LogP contribution < -0.4 is 10.0 Å². The van der Waals surface area contributed by atoms with Gasteiger partial charge in [-0.25, -0.2) is 8.42 Å². The Bertz CT molecular complexity index is 539. The van der Waals surface area contributed by atoms with Gasteiger partial charge in [-0.1, -0.05) is 0 Å². The SMILES string of the molecule is CCN(c1ccc(N)cc1)S(=O)(=O)C(C)C(=O)OC. The molecule has 0 bridgehead atoms. The van der Waals surface area contributed by atoms with Crippen LogP contribution in [0.1, 0.15) is 13.8 Å². The molecule has 106 valence electrons. The third kappa shape index (κ3) is 3.17. The maximum absolute atomic E-state index is 12.3. The maximum atomic E-state index is 12.3. The molecule has 1 rings (SSSR count). The van der Waals surface area contributed by atoms with E-state index in [-0.39, 0.29) is 6.54 Å². The van der Waals surface area contributed by atoms with Crippen LogP contribution in [0.25, 0.3) is 0 Å². The Morgan fingerprint density at radius 2 is 1.89 bits per heavy atom. The Morgan fingerprint density at radius 1 is 1.37 bits per heavy atom. The molecule has 0 saturated carbocycles. The van der Waals surface area contributed by atoms with Crippen molar-refractivity contribution in [1.29, 1.82) is 0 Å². The summed E-state index contributed by atoms with van der Waals surface area (Å²) in [6, 6.07) is 6.41. The van der Waals surface area contributed by atoms with Crippen LogP contribution in [0.3, 0.4) is 0 Å². The molecule has 2 N–H and O–H groups in total. The molecule has 0 heterocycles. The van der Waals surface area contributed by atoms with Crippen molar-refractivity contribution < 1.29 is 17.9 Å². The summed E-state index contributed by atoms with van der Waals surface area (Å²) in [6.07, 6.45) is 0. The largest absolute Gasteiger partial charge is 0.468 e. The molecule has 0 radical (unpaired) electrons. The fraction of sp³-hybridized carbons (Fsp3) is 0.417. The van der Waals surface area contributed by atoms with Gasteiger partial charge in [0.1, 0.15) is 0 Å². The van der Waals surface area contributed by atoms with E-state index in [0.717, 1.165) is 11.4 Å². The molecular weight excluding hydrogens is 268 g/mol. The van der Waals surface area contributed by atoms with E-state index >= 15 is 0 Å². The van der Waals surface area contributed by atoms with Gasteiger partial charge in [-0.15, -0.1) is 0 Å². The molecule has 1 atom stereocenters. The third-order valence-electron chi connectivity index (χ3n) is 2.76. The molecule has 0 amide bonds. The highest BCUT2D eigenvalue weighted by Gasteiger charge is 2.34. The molecule has 0 aliphatic carbocycles. The Kier molecular flexibility index (Phi) is 4.77. The smallest absolute Gasteiger partial charge is 0.325 e. The van der Waals surface area contributed by atoms with Crippen LogP contribution >= 0.6 is 0 Å². The lowest BCUT2D eigenvalue weighted by Gasteiger charge is -2.25. The Hall–Kier alpha value is -1.76. The second-order valence-corrected chi connectivity index (χ2v) is 6.14. The van der Waals surface area contributed by atoms with Crippen molar-refractivity contribution in [3.63, 3.8) is 0 Å². The highest BCUT2D eigenvalue weighted by molar-refractivity contribution is 7.94. The van der Waals surface area contributed by atoms with Crippen LogP contribution in [0.2, 0.25) is 0 Å². The number of esters is 1. The Labute approximate surface area is 113 Å². The van der Waals surface area contributed by atoms with Crippen molar-refractivity contribution in [2.75, 3.05) is 23.7 Å². The Balaban J connectivity index is 3.15. The van der Waals surface area contributed by atoms with Crippen LogP contribution in [0.5, 0.6) is 0 Å². The number of methoxy groups -OCH3 is 1. The van der Waals surface area contributed by atoms with Crippen molar-refractivity contribution in [3.8, 4) is 0 Å². The second-order valence-electron chi connectivity index (χ2n) is 3.97. The van der Waals surface area contributed by atoms with Crippen molar-refractivity contribution in [2.45, 2.75) is 19.1 Å². The molecular formula is C12H18N2O4S. The van der Waals surface area contributed by atoms with Crippen molar-refractivity contribution >= 4 is 27.4 Å². The summed E-state index contributed by atoms with van der Waals surface area (Å²) in [5, 5.41) is -1.25. The van der Waals surface area contributed by atoms with E-state index in [9.17, 15) is 13.2 Å². The van der Waals surface area contributed by atoms with E-state index < -0.39 is 21.2 Å². The van der Waals surface area contributed by atoms with Crippen LogP contribution in [0, 0.1) is 0 Å². The first-order valence-electron chi connectivity index (χ1n) is 5.79. The summed E-state index contributed by atoms with van der Waals surface area (Å²) in [6.45, 7) is 3.21. The van der Waals surface area contributed by atoms with Crippen LogP contribution in [-0.4, -0.2) is 33.3 Å². The van der Waals surface area contributed by atoms with Gasteiger partial charge < -0.3 is 10.5 Å². The van der Waals surface area contributed by atoms with Gasteiger partial charge in [-0.2, -0.15) is 0 Å². The molecule has 0 aromatic heterocycles. The summed E-state index contributed by atoms with van der Waals surface area (Å²) in [7, 11) is -2.65. The van der Waals surface area contributed by atoms with Crippen LogP contribution in [0.15, 0.2) is 24.3 Å². The predicted molar refractivity (Wildman–Crippen MR) is 74.3 cm³/mol.